The van der Waals surface area contributed by atoms with Crippen molar-refractivity contribution >= 4 is 5.82 Å². The first kappa shape index (κ1) is 10.1. The molecule has 0 unspecified atom stereocenters. The Morgan fingerprint density at radius 3 is 2.94 bits per heavy atom. The summed E-state index contributed by atoms with van der Waals surface area (Å²) < 4.78 is 1.80. The number of aromatic nitrogens is 4. The predicted molar refractivity (Wildman–Crippen MR) is 57.5 cm³/mol. The third-order valence-electron chi connectivity index (χ3n) is 2.00. The molecule has 2 heterocycles. The van der Waals surface area contributed by atoms with Crippen molar-refractivity contribution in [1.82, 2.24) is 19.7 Å². The summed E-state index contributed by atoms with van der Waals surface area (Å²) in [5, 5.41) is 15.9. The molecule has 0 aliphatic heterocycles. The van der Waals surface area contributed by atoms with Gasteiger partial charge < -0.3 is 5.32 Å². The van der Waals surface area contributed by atoms with Crippen LogP contribution in [0.4, 0.5) is 5.82 Å². The lowest BCUT2D eigenvalue weighted by atomic mass is 10.4. The number of hydrogen-bond donors (Lipinski definition) is 1. The fourth-order valence-corrected chi connectivity index (χ4v) is 1.27. The standard InChI is InChI=1S/C10H10N6/c11-8-9-10(13-4-3-12-9)14-5-7-16-6-1-2-15-16/h1-4,6H,5,7H2,(H,13,14). The molecule has 0 spiro atoms. The third-order valence-corrected chi connectivity index (χ3v) is 2.00. The van der Waals surface area contributed by atoms with Crippen LogP contribution in [0.5, 0.6) is 0 Å². The van der Waals surface area contributed by atoms with Crippen molar-refractivity contribution in [2.24, 2.45) is 0 Å². The molecule has 0 saturated heterocycles. The van der Waals surface area contributed by atoms with Gasteiger partial charge in [0.1, 0.15) is 6.07 Å². The van der Waals surface area contributed by atoms with Gasteiger partial charge >= 0.3 is 0 Å². The van der Waals surface area contributed by atoms with E-state index in [1.54, 1.807) is 17.1 Å². The minimum Gasteiger partial charge on any atom is -0.366 e. The van der Waals surface area contributed by atoms with E-state index in [0.29, 0.717) is 24.6 Å². The van der Waals surface area contributed by atoms with E-state index in [1.807, 2.05) is 18.3 Å². The summed E-state index contributed by atoms with van der Waals surface area (Å²) in [5.74, 6) is 0.511. The van der Waals surface area contributed by atoms with Crippen LogP contribution >= 0.6 is 0 Å². The quantitative estimate of drug-likeness (QED) is 0.808. The highest BCUT2D eigenvalue weighted by Crippen LogP contribution is 2.05. The zero-order valence-corrected chi connectivity index (χ0v) is 8.54. The molecule has 0 atom stereocenters. The van der Waals surface area contributed by atoms with E-state index in [4.69, 9.17) is 5.26 Å². The van der Waals surface area contributed by atoms with Crippen LogP contribution in [0.1, 0.15) is 5.69 Å². The minimum absolute atomic E-state index is 0.308. The summed E-state index contributed by atoms with van der Waals surface area (Å²) in [5.41, 5.74) is 0.308. The smallest absolute Gasteiger partial charge is 0.182 e. The lowest BCUT2D eigenvalue weighted by Gasteiger charge is -2.05. The van der Waals surface area contributed by atoms with Gasteiger partial charge in [-0.2, -0.15) is 10.4 Å². The molecule has 0 amide bonds. The van der Waals surface area contributed by atoms with Crippen molar-refractivity contribution in [1.29, 1.82) is 5.26 Å². The zero-order chi connectivity index (χ0) is 11.2. The molecule has 6 nitrogen and oxygen atoms in total. The van der Waals surface area contributed by atoms with E-state index in [1.165, 1.54) is 6.20 Å². The number of hydrogen-bond acceptors (Lipinski definition) is 5. The molecule has 6 heteroatoms. The first-order valence-corrected chi connectivity index (χ1v) is 4.82. The molecule has 2 rings (SSSR count). The fraction of sp³-hybridized carbons (Fsp3) is 0.200. The molecule has 0 radical (unpaired) electrons. The summed E-state index contributed by atoms with van der Waals surface area (Å²) in [6, 6.07) is 3.84. The number of nitrogens with zero attached hydrogens (tertiary/aromatic N) is 5. The van der Waals surface area contributed by atoms with E-state index in [-0.39, 0.29) is 0 Å². The third kappa shape index (κ3) is 2.33. The summed E-state index contributed by atoms with van der Waals surface area (Å²) >= 11 is 0. The fourth-order valence-electron chi connectivity index (χ4n) is 1.27. The topological polar surface area (TPSA) is 79.4 Å². The van der Waals surface area contributed by atoms with Crippen LogP contribution in [0, 0.1) is 11.3 Å². The zero-order valence-electron chi connectivity index (χ0n) is 8.54. The second kappa shape index (κ2) is 4.89. The maximum atomic E-state index is 8.79. The van der Waals surface area contributed by atoms with Crippen LogP contribution in [0.3, 0.4) is 0 Å². The maximum Gasteiger partial charge on any atom is 0.182 e. The highest BCUT2D eigenvalue weighted by molar-refractivity contribution is 5.46. The Morgan fingerprint density at radius 2 is 2.19 bits per heavy atom. The molecule has 2 aromatic heterocycles. The molecule has 80 valence electrons. The van der Waals surface area contributed by atoms with Crippen molar-refractivity contribution in [3.63, 3.8) is 0 Å². The number of anilines is 1. The maximum absolute atomic E-state index is 8.79. The van der Waals surface area contributed by atoms with Crippen LogP contribution in [0.15, 0.2) is 30.9 Å². The van der Waals surface area contributed by atoms with E-state index in [9.17, 15) is 0 Å². The van der Waals surface area contributed by atoms with Crippen molar-refractivity contribution in [3.8, 4) is 6.07 Å². The summed E-state index contributed by atoms with van der Waals surface area (Å²) in [4.78, 5) is 7.95. The van der Waals surface area contributed by atoms with E-state index < -0.39 is 0 Å². The molecule has 0 aromatic carbocycles. The van der Waals surface area contributed by atoms with Crippen LogP contribution < -0.4 is 5.32 Å². The normalized spacial score (nSPS) is 9.69. The van der Waals surface area contributed by atoms with Crippen molar-refractivity contribution in [3.05, 3.63) is 36.5 Å². The lowest BCUT2D eigenvalue weighted by molar-refractivity contribution is 0.637. The molecule has 0 aliphatic carbocycles. The highest BCUT2D eigenvalue weighted by atomic mass is 15.3. The van der Waals surface area contributed by atoms with Crippen LogP contribution in [0.25, 0.3) is 0 Å². The van der Waals surface area contributed by atoms with Gasteiger partial charge in [-0.1, -0.05) is 0 Å². The Hall–Kier alpha value is -2.42. The number of nitriles is 1. The van der Waals surface area contributed by atoms with Gasteiger partial charge in [-0.15, -0.1) is 0 Å². The molecule has 0 aliphatic rings. The molecule has 0 saturated carbocycles. The Kier molecular flexibility index (Phi) is 3.09. The Balaban J connectivity index is 1.93. The van der Waals surface area contributed by atoms with E-state index >= 15 is 0 Å². The monoisotopic (exact) mass is 214 g/mol. The summed E-state index contributed by atoms with van der Waals surface area (Å²) in [6.07, 6.45) is 6.65. The molecule has 0 fully saturated rings. The molecule has 0 bridgehead atoms. The Morgan fingerprint density at radius 1 is 1.31 bits per heavy atom. The van der Waals surface area contributed by atoms with Gasteiger partial charge in [-0.25, -0.2) is 9.97 Å². The lowest BCUT2D eigenvalue weighted by Crippen LogP contribution is -2.12. The van der Waals surface area contributed by atoms with Crippen LogP contribution in [-0.2, 0) is 6.54 Å². The van der Waals surface area contributed by atoms with Gasteiger partial charge in [0.15, 0.2) is 11.5 Å². The van der Waals surface area contributed by atoms with Gasteiger partial charge in [0, 0.05) is 31.3 Å². The second-order valence-electron chi connectivity index (χ2n) is 3.06. The Labute approximate surface area is 92.6 Å². The van der Waals surface area contributed by atoms with Gasteiger partial charge in [0.05, 0.1) is 6.54 Å². The average Bonchev–Trinajstić information content (AvgIpc) is 2.83. The Bertz CT molecular complexity index is 484. The van der Waals surface area contributed by atoms with E-state index in [2.05, 4.69) is 20.4 Å². The molecule has 1 N–H and O–H groups in total. The largest absolute Gasteiger partial charge is 0.366 e. The first-order valence-electron chi connectivity index (χ1n) is 4.82. The van der Waals surface area contributed by atoms with E-state index in [0.717, 1.165) is 0 Å². The SMILES string of the molecule is N#Cc1nccnc1NCCn1cccn1. The molecule has 2 aromatic rings. The van der Waals surface area contributed by atoms with Gasteiger partial charge in [0.2, 0.25) is 0 Å². The van der Waals surface area contributed by atoms with Crippen LogP contribution in [0.2, 0.25) is 0 Å². The second-order valence-corrected chi connectivity index (χ2v) is 3.06. The average molecular weight is 214 g/mol. The number of nitrogens with one attached hydrogen (secondary N) is 1. The molecule has 16 heavy (non-hydrogen) atoms. The van der Waals surface area contributed by atoms with Crippen molar-refractivity contribution in [2.75, 3.05) is 11.9 Å². The summed E-state index contributed by atoms with van der Waals surface area (Å²) in [7, 11) is 0. The van der Waals surface area contributed by atoms with Crippen LogP contribution in [-0.4, -0.2) is 26.3 Å². The first-order chi connectivity index (χ1) is 7.90. The molecular weight excluding hydrogens is 204 g/mol. The summed E-state index contributed by atoms with van der Waals surface area (Å²) in [6.45, 7) is 1.36. The highest BCUT2D eigenvalue weighted by Gasteiger charge is 2.02. The van der Waals surface area contributed by atoms with Crippen molar-refractivity contribution in [2.45, 2.75) is 6.54 Å². The molecular formula is C10H10N6. The van der Waals surface area contributed by atoms with Gasteiger partial charge in [-0.3, -0.25) is 4.68 Å². The number of rotatable bonds is 4. The van der Waals surface area contributed by atoms with Gasteiger partial charge in [0.25, 0.3) is 0 Å². The van der Waals surface area contributed by atoms with Crippen molar-refractivity contribution < 1.29 is 0 Å². The predicted octanol–water partition coefficient (Wildman–Crippen LogP) is 0.657. The van der Waals surface area contributed by atoms with Gasteiger partial charge in [-0.05, 0) is 6.07 Å². The minimum atomic E-state index is 0.308.